The summed E-state index contributed by atoms with van der Waals surface area (Å²) in [6, 6.07) is 7.25. The Hall–Kier alpha value is -2.02. The van der Waals surface area contributed by atoms with Crippen molar-refractivity contribution in [3.8, 4) is 11.5 Å². The molecule has 0 saturated heterocycles. The van der Waals surface area contributed by atoms with Crippen molar-refractivity contribution in [1.82, 2.24) is 16.2 Å². The molecule has 0 unspecified atom stereocenters. The topological polar surface area (TPSA) is 71.6 Å². The predicted molar refractivity (Wildman–Crippen MR) is 94.5 cm³/mol. The van der Waals surface area contributed by atoms with Crippen LogP contribution in [-0.4, -0.2) is 29.8 Å². The van der Waals surface area contributed by atoms with Crippen LogP contribution in [0.5, 0.6) is 11.5 Å². The van der Waals surface area contributed by atoms with E-state index in [0.717, 1.165) is 6.42 Å². The molecular weight excluding hydrogens is 314 g/mol. The Morgan fingerprint density at radius 2 is 1.74 bits per heavy atom. The quantitative estimate of drug-likeness (QED) is 0.545. The van der Waals surface area contributed by atoms with Gasteiger partial charge < -0.3 is 14.8 Å². The first kappa shape index (κ1) is 19.0. The summed E-state index contributed by atoms with van der Waals surface area (Å²) in [5.74, 6) is 0.819. The van der Waals surface area contributed by atoms with E-state index in [1.54, 1.807) is 6.07 Å². The molecule has 6 nitrogen and oxygen atoms in total. The van der Waals surface area contributed by atoms with Crippen molar-refractivity contribution >= 4 is 23.2 Å². The smallest absolute Gasteiger partial charge is 0.276 e. The number of benzene rings is 1. The molecule has 0 fully saturated rings. The fraction of sp³-hybridized carbons (Fsp3) is 0.500. The van der Waals surface area contributed by atoms with Gasteiger partial charge in [0.25, 0.3) is 5.91 Å². The minimum absolute atomic E-state index is 0.141. The van der Waals surface area contributed by atoms with Crippen molar-refractivity contribution in [3.63, 3.8) is 0 Å². The third-order valence-corrected chi connectivity index (χ3v) is 2.68. The van der Waals surface area contributed by atoms with Crippen molar-refractivity contribution in [2.24, 2.45) is 0 Å². The molecular formula is C16H25N3O3S. The second-order valence-corrected chi connectivity index (χ2v) is 6.37. The average Bonchev–Trinajstić information content (AvgIpc) is 2.48. The number of hydrazine groups is 1. The molecule has 0 heterocycles. The van der Waals surface area contributed by atoms with Crippen molar-refractivity contribution in [2.45, 2.75) is 39.7 Å². The van der Waals surface area contributed by atoms with E-state index in [0.29, 0.717) is 23.2 Å². The number of amides is 1. The molecule has 1 rings (SSSR count). The summed E-state index contributed by atoms with van der Waals surface area (Å²) in [6.45, 7) is 8.40. The van der Waals surface area contributed by atoms with E-state index >= 15 is 0 Å². The maximum Gasteiger partial charge on any atom is 0.276 e. The number of hydrogen-bond donors (Lipinski definition) is 3. The first-order valence-electron chi connectivity index (χ1n) is 7.53. The van der Waals surface area contributed by atoms with Crippen LogP contribution >= 0.6 is 12.2 Å². The SMILES string of the molecule is CCCOc1ccccc1OCC(=O)NNC(=S)NC(C)(C)C. The number of hydrogen-bond acceptors (Lipinski definition) is 4. The van der Waals surface area contributed by atoms with Gasteiger partial charge in [-0.2, -0.15) is 0 Å². The Kier molecular flexibility index (Phi) is 7.61. The highest BCUT2D eigenvalue weighted by molar-refractivity contribution is 7.80. The van der Waals surface area contributed by atoms with E-state index in [2.05, 4.69) is 16.2 Å². The predicted octanol–water partition coefficient (Wildman–Crippen LogP) is 2.15. The second kappa shape index (κ2) is 9.19. The van der Waals surface area contributed by atoms with Gasteiger partial charge in [0.2, 0.25) is 0 Å². The summed E-state index contributed by atoms with van der Waals surface area (Å²) in [5.41, 5.74) is 4.93. The molecule has 0 bridgehead atoms. The summed E-state index contributed by atoms with van der Waals surface area (Å²) in [6.07, 6.45) is 0.900. The molecule has 0 atom stereocenters. The summed E-state index contributed by atoms with van der Waals surface area (Å²) in [4.78, 5) is 11.8. The fourth-order valence-electron chi connectivity index (χ4n) is 1.58. The minimum Gasteiger partial charge on any atom is -0.490 e. The first-order chi connectivity index (χ1) is 10.8. The van der Waals surface area contributed by atoms with Crippen LogP contribution in [0.4, 0.5) is 0 Å². The van der Waals surface area contributed by atoms with E-state index in [1.165, 1.54) is 0 Å². The van der Waals surface area contributed by atoms with Crippen molar-refractivity contribution < 1.29 is 14.3 Å². The zero-order valence-corrected chi connectivity index (χ0v) is 14.9. The molecule has 0 aromatic heterocycles. The first-order valence-corrected chi connectivity index (χ1v) is 7.94. The maximum atomic E-state index is 11.8. The van der Waals surface area contributed by atoms with Crippen LogP contribution in [0.3, 0.4) is 0 Å². The van der Waals surface area contributed by atoms with Gasteiger partial charge in [-0.3, -0.25) is 15.6 Å². The molecule has 23 heavy (non-hydrogen) atoms. The normalized spacial score (nSPS) is 10.6. The van der Waals surface area contributed by atoms with E-state index in [4.69, 9.17) is 21.7 Å². The van der Waals surface area contributed by atoms with Crippen LogP contribution < -0.4 is 25.6 Å². The molecule has 1 amide bonds. The zero-order chi connectivity index (χ0) is 17.3. The average molecular weight is 339 g/mol. The van der Waals surface area contributed by atoms with Crippen LogP contribution in [0.15, 0.2) is 24.3 Å². The monoisotopic (exact) mass is 339 g/mol. The maximum absolute atomic E-state index is 11.8. The van der Waals surface area contributed by atoms with Gasteiger partial charge in [-0.25, -0.2) is 0 Å². The van der Waals surface area contributed by atoms with Crippen LogP contribution in [-0.2, 0) is 4.79 Å². The minimum atomic E-state index is -0.339. The Balaban J connectivity index is 2.40. The second-order valence-electron chi connectivity index (χ2n) is 5.96. The molecule has 1 aromatic carbocycles. The van der Waals surface area contributed by atoms with Crippen LogP contribution in [0.2, 0.25) is 0 Å². The lowest BCUT2D eigenvalue weighted by Gasteiger charge is -2.23. The van der Waals surface area contributed by atoms with Crippen molar-refractivity contribution in [1.29, 1.82) is 0 Å². The van der Waals surface area contributed by atoms with Crippen LogP contribution in [0.1, 0.15) is 34.1 Å². The van der Waals surface area contributed by atoms with E-state index < -0.39 is 0 Å². The van der Waals surface area contributed by atoms with E-state index in [1.807, 2.05) is 45.9 Å². The molecule has 0 spiro atoms. The lowest BCUT2D eigenvalue weighted by Crippen LogP contribution is -2.52. The highest BCUT2D eigenvalue weighted by Crippen LogP contribution is 2.26. The number of nitrogens with one attached hydrogen (secondary N) is 3. The standard InChI is InChI=1S/C16H25N3O3S/c1-5-10-21-12-8-6-7-9-13(12)22-11-14(20)18-19-15(23)17-16(2,3)4/h6-9H,5,10-11H2,1-4H3,(H,18,20)(H2,17,19,23). The lowest BCUT2D eigenvalue weighted by atomic mass is 10.1. The van der Waals surface area contributed by atoms with Crippen LogP contribution in [0, 0.1) is 0 Å². The molecule has 0 saturated carbocycles. The van der Waals surface area contributed by atoms with Gasteiger partial charge in [-0.15, -0.1) is 0 Å². The Labute approximate surface area is 142 Å². The number of para-hydroxylation sites is 2. The Morgan fingerprint density at radius 3 is 2.30 bits per heavy atom. The molecule has 0 aliphatic heterocycles. The molecule has 7 heteroatoms. The van der Waals surface area contributed by atoms with E-state index in [-0.39, 0.29) is 18.1 Å². The lowest BCUT2D eigenvalue weighted by molar-refractivity contribution is -0.123. The highest BCUT2D eigenvalue weighted by Gasteiger charge is 2.12. The third kappa shape index (κ3) is 8.25. The van der Waals surface area contributed by atoms with Gasteiger partial charge in [-0.05, 0) is 51.5 Å². The van der Waals surface area contributed by atoms with Gasteiger partial charge >= 0.3 is 0 Å². The summed E-state index contributed by atoms with van der Waals surface area (Å²) < 4.78 is 11.1. The molecule has 1 aromatic rings. The molecule has 0 aliphatic rings. The zero-order valence-electron chi connectivity index (χ0n) is 14.1. The van der Waals surface area contributed by atoms with Crippen molar-refractivity contribution in [3.05, 3.63) is 24.3 Å². The summed E-state index contributed by atoms with van der Waals surface area (Å²) >= 11 is 5.07. The molecule has 128 valence electrons. The van der Waals surface area contributed by atoms with Gasteiger partial charge in [0.05, 0.1) is 6.61 Å². The Bertz CT molecular complexity index is 530. The summed E-state index contributed by atoms with van der Waals surface area (Å²) in [7, 11) is 0. The van der Waals surface area contributed by atoms with Crippen molar-refractivity contribution in [2.75, 3.05) is 13.2 Å². The van der Waals surface area contributed by atoms with Gasteiger partial charge in [0.15, 0.2) is 23.2 Å². The number of thiocarbonyl (C=S) groups is 1. The third-order valence-electron chi connectivity index (χ3n) is 2.47. The highest BCUT2D eigenvalue weighted by atomic mass is 32.1. The van der Waals surface area contributed by atoms with Gasteiger partial charge in [-0.1, -0.05) is 19.1 Å². The molecule has 0 aliphatic carbocycles. The van der Waals surface area contributed by atoms with E-state index in [9.17, 15) is 4.79 Å². The number of carbonyl (C=O) groups excluding carboxylic acids is 1. The van der Waals surface area contributed by atoms with Gasteiger partial charge in [0, 0.05) is 5.54 Å². The Morgan fingerprint density at radius 1 is 1.13 bits per heavy atom. The van der Waals surface area contributed by atoms with Crippen LogP contribution in [0.25, 0.3) is 0 Å². The summed E-state index contributed by atoms with van der Waals surface area (Å²) in [5, 5.41) is 3.37. The number of rotatable bonds is 6. The number of ether oxygens (including phenoxy) is 2. The number of carbonyl (C=O) groups is 1. The molecule has 3 N–H and O–H groups in total. The largest absolute Gasteiger partial charge is 0.490 e. The molecule has 0 radical (unpaired) electrons. The fourth-order valence-corrected chi connectivity index (χ4v) is 1.94. The van der Waals surface area contributed by atoms with Gasteiger partial charge in [0.1, 0.15) is 0 Å².